The molecule has 1 unspecified atom stereocenters. The van der Waals surface area contributed by atoms with Gasteiger partial charge in [0.1, 0.15) is 23.2 Å². The maximum atomic E-state index is 13.1. The molecule has 1 N–H and O–H groups in total. The summed E-state index contributed by atoms with van der Waals surface area (Å²) in [6.45, 7) is 1.87. The average Bonchev–Trinajstić information content (AvgIpc) is 3.24. The van der Waals surface area contributed by atoms with Crippen LogP contribution in [0, 0.1) is 18.3 Å². The van der Waals surface area contributed by atoms with E-state index in [1.165, 1.54) is 18.2 Å². The van der Waals surface area contributed by atoms with Crippen LogP contribution in [0.25, 0.3) is 11.3 Å². The van der Waals surface area contributed by atoms with Gasteiger partial charge in [-0.05, 0) is 42.8 Å². The number of anilines is 1. The number of nitrogens with one attached hydrogen (secondary N) is 1. The van der Waals surface area contributed by atoms with Crippen molar-refractivity contribution in [1.82, 2.24) is 5.32 Å². The molecule has 5 nitrogen and oxygen atoms in total. The van der Waals surface area contributed by atoms with Crippen molar-refractivity contribution >= 4 is 24.2 Å². The predicted molar refractivity (Wildman–Crippen MR) is 115 cm³/mol. The number of nitriles is 1. The summed E-state index contributed by atoms with van der Waals surface area (Å²) in [4.78, 5) is 14.1. The summed E-state index contributed by atoms with van der Waals surface area (Å²) >= 11 is 4.44. The number of hydrogen-bond acceptors (Lipinski definition) is 5. The molecule has 1 atom stereocenters. The van der Waals surface area contributed by atoms with E-state index in [9.17, 15) is 23.2 Å². The van der Waals surface area contributed by atoms with E-state index < -0.39 is 23.8 Å². The highest BCUT2D eigenvalue weighted by Gasteiger charge is 2.36. The number of carbonyl (C=O) groups excluding carboxylic acids is 1. The Morgan fingerprint density at radius 1 is 1.12 bits per heavy atom. The Morgan fingerprint density at radius 3 is 2.56 bits per heavy atom. The molecule has 0 saturated carbocycles. The van der Waals surface area contributed by atoms with Gasteiger partial charge in [0.2, 0.25) is 0 Å². The first kappa shape index (κ1) is 21.6. The summed E-state index contributed by atoms with van der Waals surface area (Å²) < 4.78 is 45.1. The fourth-order valence-electron chi connectivity index (χ4n) is 3.49. The predicted octanol–water partition coefficient (Wildman–Crippen LogP) is 5.57. The lowest BCUT2D eigenvalue weighted by Crippen LogP contribution is -2.46. The fraction of sp³-hybridized carbons (Fsp3) is 0.130. The molecule has 0 aliphatic carbocycles. The Kier molecular flexibility index (Phi) is 5.48. The molecular formula is C23H16F3N3O2S. The zero-order valence-electron chi connectivity index (χ0n) is 16.6. The van der Waals surface area contributed by atoms with E-state index >= 15 is 0 Å². The summed E-state index contributed by atoms with van der Waals surface area (Å²) in [6, 6.07) is 17.1. The maximum Gasteiger partial charge on any atom is 0.416 e. The molecule has 0 bridgehead atoms. The number of furan rings is 1. The molecule has 3 aromatic rings. The SMILES string of the molecule is Cc1ccccc1N1C(S)=C(C#N)C(=O)NC1c1ccc(-c2cccc(C(F)(F)F)c2)o1. The Morgan fingerprint density at radius 2 is 1.88 bits per heavy atom. The minimum Gasteiger partial charge on any atom is -0.457 e. The molecule has 4 rings (SSSR count). The van der Waals surface area contributed by atoms with Crippen molar-refractivity contribution in [1.29, 1.82) is 5.26 Å². The number of nitrogens with zero attached hydrogens (tertiary/aromatic N) is 2. The van der Waals surface area contributed by atoms with Gasteiger partial charge < -0.3 is 14.6 Å². The van der Waals surface area contributed by atoms with E-state index in [4.69, 9.17) is 4.42 Å². The minimum absolute atomic E-state index is 0.146. The number of thiol groups is 1. The summed E-state index contributed by atoms with van der Waals surface area (Å²) in [5.74, 6) is -0.136. The standard InChI is InChI=1S/C23H16F3N3O2S/c1-13-5-2-3-8-17(13)29-20(28-21(30)16(12-27)22(29)32)19-10-9-18(31-19)14-6-4-7-15(11-14)23(24,25)26/h2-11,20,32H,1H3,(H,28,30). The quantitative estimate of drug-likeness (QED) is 0.507. The van der Waals surface area contributed by atoms with Gasteiger partial charge in [-0.15, -0.1) is 12.6 Å². The number of carbonyl (C=O) groups is 1. The van der Waals surface area contributed by atoms with Crippen molar-refractivity contribution in [3.05, 3.63) is 88.2 Å². The Balaban J connectivity index is 1.79. The topological polar surface area (TPSA) is 69.3 Å². The van der Waals surface area contributed by atoms with Crippen LogP contribution in [-0.2, 0) is 11.0 Å². The second-order valence-electron chi connectivity index (χ2n) is 7.12. The third-order valence-corrected chi connectivity index (χ3v) is 5.50. The summed E-state index contributed by atoms with van der Waals surface area (Å²) in [6.07, 6.45) is -5.34. The number of amides is 1. The van der Waals surface area contributed by atoms with Crippen molar-refractivity contribution in [2.75, 3.05) is 4.90 Å². The van der Waals surface area contributed by atoms with Gasteiger partial charge in [-0.2, -0.15) is 18.4 Å². The molecule has 32 heavy (non-hydrogen) atoms. The normalized spacial score (nSPS) is 16.7. The molecule has 1 amide bonds. The zero-order chi connectivity index (χ0) is 23.0. The van der Waals surface area contributed by atoms with E-state index in [1.54, 1.807) is 17.0 Å². The largest absolute Gasteiger partial charge is 0.457 e. The van der Waals surface area contributed by atoms with Crippen LogP contribution < -0.4 is 10.2 Å². The molecule has 0 spiro atoms. The number of para-hydroxylation sites is 1. The smallest absolute Gasteiger partial charge is 0.416 e. The molecule has 1 aliphatic rings. The van der Waals surface area contributed by atoms with E-state index in [-0.39, 0.29) is 27.7 Å². The summed E-state index contributed by atoms with van der Waals surface area (Å²) in [5.41, 5.74) is 0.849. The van der Waals surface area contributed by atoms with Crippen LogP contribution in [0.2, 0.25) is 0 Å². The van der Waals surface area contributed by atoms with Gasteiger partial charge in [-0.3, -0.25) is 4.79 Å². The van der Waals surface area contributed by atoms with E-state index in [1.807, 2.05) is 31.2 Å². The highest BCUT2D eigenvalue weighted by Crippen LogP contribution is 2.39. The molecule has 0 fully saturated rings. The van der Waals surface area contributed by atoms with Crippen LogP contribution in [0.1, 0.15) is 23.1 Å². The summed E-state index contributed by atoms with van der Waals surface area (Å²) in [5, 5.41) is 12.3. The Hall–Kier alpha value is -3.64. The van der Waals surface area contributed by atoms with Crippen molar-refractivity contribution < 1.29 is 22.4 Å². The van der Waals surface area contributed by atoms with Crippen LogP contribution in [0.3, 0.4) is 0 Å². The highest BCUT2D eigenvalue weighted by atomic mass is 32.1. The third-order valence-electron chi connectivity index (χ3n) is 5.06. The van der Waals surface area contributed by atoms with Gasteiger partial charge in [0.25, 0.3) is 5.91 Å². The molecule has 1 aliphatic heterocycles. The van der Waals surface area contributed by atoms with Crippen LogP contribution in [0.4, 0.5) is 18.9 Å². The molecule has 1 aromatic heterocycles. The van der Waals surface area contributed by atoms with Crippen molar-refractivity contribution in [3.63, 3.8) is 0 Å². The monoisotopic (exact) mass is 455 g/mol. The van der Waals surface area contributed by atoms with E-state index in [0.717, 1.165) is 17.7 Å². The van der Waals surface area contributed by atoms with Crippen LogP contribution in [0.5, 0.6) is 0 Å². The minimum atomic E-state index is -4.48. The maximum absolute atomic E-state index is 13.1. The van der Waals surface area contributed by atoms with Crippen LogP contribution in [0.15, 0.2) is 75.7 Å². The van der Waals surface area contributed by atoms with Gasteiger partial charge >= 0.3 is 6.18 Å². The average molecular weight is 455 g/mol. The fourth-order valence-corrected chi connectivity index (χ4v) is 3.87. The third kappa shape index (κ3) is 3.85. The number of hydrogen-bond donors (Lipinski definition) is 2. The lowest BCUT2D eigenvalue weighted by atomic mass is 10.1. The lowest BCUT2D eigenvalue weighted by Gasteiger charge is -2.37. The molecule has 2 heterocycles. The first-order chi connectivity index (χ1) is 15.2. The van der Waals surface area contributed by atoms with Gasteiger partial charge in [0.15, 0.2) is 6.17 Å². The van der Waals surface area contributed by atoms with Crippen LogP contribution >= 0.6 is 12.6 Å². The highest BCUT2D eigenvalue weighted by molar-refractivity contribution is 7.84. The van der Waals surface area contributed by atoms with Crippen molar-refractivity contribution in [2.24, 2.45) is 0 Å². The number of benzene rings is 2. The van der Waals surface area contributed by atoms with Gasteiger partial charge in [0.05, 0.1) is 10.6 Å². The van der Waals surface area contributed by atoms with Gasteiger partial charge in [-0.1, -0.05) is 30.3 Å². The molecular weight excluding hydrogens is 439 g/mol. The number of alkyl halides is 3. The number of halogens is 3. The van der Waals surface area contributed by atoms with Crippen LogP contribution in [-0.4, -0.2) is 5.91 Å². The second-order valence-corrected chi connectivity index (χ2v) is 7.55. The summed E-state index contributed by atoms with van der Waals surface area (Å²) in [7, 11) is 0. The van der Waals surface area contributed by atoms with Crippen molar-refractivity contribution in [3.8, 4) is 17.4 Å². The number of aryl methyl sites for hydroxylation is 1. The van der Waals surface area contributed by atoms with Gasteiger partial charge in [0, 0.05) is 11.3 Å². The Bertz CT molecular complexity index is 1270. The van der Waals surface area contributed by atoms with E-state index in [0.29, 0.717) is 5.69 Å². The molecule has 162 valence electrons. The molecule has 9 heteroatoms. The van der Waals surface area contributed by atoms with E-state index in [2.05, 4.69) is 17.9 Å². The zero-order valence-corrected chi connectivity index (χ0v) is 17.5. The number of rotatable bonds is 3. The first-order valence-corrected chi connectivity index (χ1v) is 9.92. The van der Waals surface area contributed by atoms with Crippen molar-refractivity contribution in [2.45, 2.75) is 19.3 Å². The second kappa shape index (κ2) is 8.13. The molecule has 0 saturated heterocycles. The lowest BCUT2D eigenvalue weighted by molar-refractivity contribution is -0.137. The Labute approximate surface area is 187 Å². The molecule has 0 radical (unpaired) electrons. The molecule has 2 aromatic carbocycles. The first-order valence-electron chi connectivity index (χ1n) is 9.47. The van der Waals surface area contributed by atoms with Gasteiger partial charge in [-0.25, -0.2) is 0 Å².